The molecular weight excluding hydrogens is 406 g/mol. The van der Waals surface area contributed by atoms with E-state index >= 15 is 0 Å². The summed E-state index contributed by atoms with van der Waals surface area (Å²) in [6.07, 6.45) is 3.91. The van der Waals surface area contributed by atoms with Crippen LogP contribution in [0.2, 0.25) is 0 Å². The third-order valence-corrected chi connectivity index (χ3v) is 5.44. The number of hydrogen-bond donors (Lipinski definition) is 3. The van der Waals surface area contributed by atoms with E-state index in [0.717, 1.165) is 6.07 Å². The zero-order chi connectivity index (χ0) is 22.1. The fourth-order valence-corrected chi connectivity index (χ4v) is 3.94. The second-order valence-electron chi connectivity index (χ2n) is 8.10. The van der Waals surface area contributed by atoms with Crippen LogP contribution in [0.1, 0.15) is 45.6 Å². The summed E-state index contributed by atoms with van der Waals surface area (Å²) in [6.45, 7) is 3.95. The Kier molecular flexibility index (Phi) is 5.71. The summed E-state index contributed by atoms with van der Waals surface area (Å²) in [6, 6.07) is 3.35. The van der Waals surface area contributed by atoms with E-state index in [1.54, 1.807) is 6.20 Å². The van der Waals surface area contributed by atoms with E-state index < -0.39 is 17.6 Å². The van der Waals surface area contributed by atoms with Gasteiger partial charge in [-0.3, -0.25) is 9.36 Å². The summed E-state index contributed by atoms with van der Waals surface area (Å²) in [5, 5.41) is 15.4. The average molecular weight is 430 g/mol. The molecule has 31 heavy (non-hydrogen) atoms. The summed E-state index contributed by atoms with van der Waals surface area (Å²) < 4.78 is 29.5. The van der Waals surface area contributed by atoms with Crippen LogP contribution >= 0.6 is 0 Å². The highest BCUT2D eigenvalue weighted by molar-refractivity contribution is 5.77. The lowest BCUT2D eigenvalue weighted by Gasteiger charge is -2.28. The number of carboxylic acids is 1. The van der Waals surface area contributed by atoms with Crippen molar-refractivity contribution in [2.24, 2.45) is 5.92 Å². The summed E-state index contributed by atoms with van der Waals surface area (Å²) in [4.78, 5) is 24.8. The van der Waals surface area contributed by atoms with Crippen LogP contribution in [0.4, 0.5) is 26.4 Å². The lowest BCUT2D eigenvalue weighted by atomic mass is 9.86. The van der Waals surface area contributed by atoms with Crippen molar-refractivity contribution in [2.75, 3.05) is 10.6 Å². The molecule has 0 aliphatic heterocycles. The zero-order valence-electron chi connectivity index (χ0n) is 17.3. The fraction of sp³-hybridized carbons (Fsp3) is 0.429. The maximum absolute atomic E-state index is 14.3. The molecule has 0 saturated heterocycles. The van der Waals surface area contributed by atoms with E-state index in [0.29, 0.717) is 48.7 Å². The predicted molar refractivity (Wildman–Crippen MR) is 112 cm³/mol. The van der Waals surface area contributed by atoms with Gasteiger partial charge in [0.2, 0.25) is 11.9 Å². The van der Waals surface area contributed by atoms with Gasteiger partial charge in [0.15, 0.2) is 5.65 Å². The number of aliphatic carboxylic acids is 1. The Balaban J connectivity index is 1.75. The first-order valence-electron chi connectivity index (χ1n) is 10.3. The van der Waals surface area contributed by atoms with Crippen molar-refractivity contribution >= 4 is 34.7 Å². The molecule has 0 amide bonds. The highest BCUT2D eigenvalue weighted by Crippen LogP contribution is 2.37. The Labute approximate surface area is 177 Å². The van der Waals surface area contributed by atoms with Gasteiger partial charge in [-0.05, 0) is 51.7 Å². The van der Waals surface area contributed by atoms with Crippen molar-refractivity contribution in [3.05, 3.63) is 36.0 Å². The van der Waals surface area contributed by atoms with E-state index in [2.05, 4.69) is 25.6 Å². The van der Waals surface area contributed by atoms with Crippen LogP contribution < -0.4 is 10.6 Å². The summed E-state index contributed by atoms with van der Waals surface area (Å²) >= 11 is 0. The van der Waals surface area contributed by atoms with Gasteiger partial charge in [0, 0.05) is 18.2 Å². The molecule has 0 spiro atoms. The van der Waals surface area contributed by atoms with Gasteiger partial charge < -0.3 is 15.7 Å². The van der Waals surface area contributed by atoms with Crippen LogP contribution in [-0.4, -0.2) is 36.6 Å². The highest BCUT2D eigenvalue weighted by Gasteiger charge is 2.30. The fourth-order valence-electron chi connectivity index (χ4n) is 3.94. The molecule has 8 nitrogen and oxygen atoms in total. The number of nitrogens with one attached hydrogen (secondary N) is 2. The maximum Gasteiger partial charge on any atom is 0.306 e. The molecule has 2 aromatic heterocycles. The highest BCUT2D eigenvalue weighted by atomic mass is 19.1. The average Bonchev–Trinajstić information content (AvgIpc) is 3.07. The van der Waals surface area contributed by atoms with Crippen LogP contribution in [0, 0.1) is 17.6 Å². The number of nitrogens with zero attached hydrogens (tertiary/aromatic N) is 4. The van der Waals surface area contributed by atoms with Gasteiger partial charge in [-0.2, -0.15) is 4.98 Å². The number of fused-ring (bicyclic) bond motifs is 1. The van der Waals surface area contributed by atoms with E-state index in [1.807, 2.05) is 18.4 Å². The Hall–Kier alpha value is -3.30. The number of imidazole rings is 1. The number of hydrogen-bond acceptors (Lipinski definition) is 6. The first-order valence-corrected chi connectivity index (χ1v) is 10.3. The number of halogens is 2. The molecule has 10 heteroatoms. The smallest absolute Gasteiger partial charge is 0.306 e. The monoisotopic (exact) mass is 430 g/mol. The van der Waals surface area contributed by atoms with Gasteiger partial charge in [0.1, 0.15) is 17.2 Å². The number of benzene rings is 1. The minimum atomic E-state index is -0.786. The zero-order valence-corrected chi connectivity index (χ0v) is 17.3. The number of anilines is 3. The van der Waals surface area contributed by atoms with E-state index in [-0.39, 0.29) is 23.7 Å². The first kappa shape index (κ1) is 21.0. The Bertz CT molecular complexity index is 1110. The summed E-state index contributed by atoms with van der Waals surface area (Å²) in [5.41, 5.74) is 1.19. The third kappa shape index (κ3) is 4.42. The van der Waals surface area contributed by atoms with Crippen molar-refractivity contribution < 1.29 is 18.7 Å². The van der Waals surface area contributed by atoms with Crippen LogP contribution in [0.5, 0.6) is 0 Å². The third-order valence-electron chi connectivity index (χ3n) is 5.44. The normalized spacial score (nSPS) is 19.0. The lowest BCUT2D eigenvalue weighted by Crippen LogP contribution is -2.24. The largest absolute Gasteiger partial charge is 0.481 e. The van der Waals surface area contributed by atoms with Gasteiger partial charge in [-0.15, -0.1) is 0 Å². The lowest BCUT2D eigenvalue weighted by molar-refractivity contribution is -0.143. The topological polar surface area (TPSA) is 105 Å². The molecule has 1 saturated carbocycles. The number of rotatable bonds is 6. The number of carbonyl (C=O) groups is 1. The predicted octanol–water partition coefficient (Wildman–Crippen LogP) is 4.48. The number of aromatic nitrogens is 4. The SMILES string of the molecule is CC(C)Nc1ncc2nc(Nc3ccc(F)cc3F)n(C3CCC(C(=O)O)CC3)c2n1. The van der Waals surface area contributed by atoms with Crippen LogP contribution in [0.15, 0.2) is 24.4 Å². The summed E-state index contributed by atoms with van der Waals surface area (Å²) in [7, 11) is 0. The molecule has 3 N–H and O–H groups in total. The minimum absolute atomic E-state index is 0.0617. The molecule has 0 unspecified atom stereocenters. The molecule has 2 heterocycles. The van der Waals surface area contributed by atoms with Crippen molar-refractivity contribution in [1.82, 2.24) is 19.5 Å². The first-order chi connectivity index (χ1) is 14.8. The van der Waals surface area contributed by atoms with Crippen molar-refractivity contribution in [2.45, 2.75) is 51.6 Å². The van der Waals surface area contributed by atoms with Gasteiger partial charge in [-0.1, -0.05) is 0 Å². The van der Waals surface area contributed by atoms with E-state index in [9.17, 15) is 18.7 Å². The maximum atomic E-state index is 14.3. The van der Waals surface area contributed by atoms with Crippen molar-refractivity contribution in [1.29, 1.82) is 0 Å². The summed E-state index contributed by atoms with van der Waals surface area (Å²) in [5.74, 6) is -1.76. The molecule has 4 rings (SSSR count). The van der Waals surface area contributed by atoms with E-state index in [1.165, 1.54) is 12.1 Å². The van der Waals surface area contributed by atoms with Crippen molar-refractivity contribution in [3.63, 3.8) is 0 Å². The Morgan fingerprint density at radius 1 is 1.19 bits per heavy atom. The Morgan fingerprint density at radius 3 is 2.58 bits per heavy atom. The van der Waals surface area contributed by atoms with Crippen molar-refractivity contribution in [3.8, 4) is 0 Å². The molecule has 1 aromatic carbocycles. The molecule has 1 aliphatic rings. The van der Waals surface area contributed by atoms with Gasteiger partial charge in [-0.25, -0.2) is 18.7 Å². The standard InChI is InChI=1S/C21H24F2N6O2/c1-11(2)25-20-24-10-17-18(28-20)29(14-6-3-12(4-7-14)19(30)31)21(27-17)26-16-8-5-13(22)9-15(16)23/h5,8-12,14H,3-4,6-7H2,1-2H3,(H,26,27)(H,30,31)(H,24,25,28). The minimum Gasteiger partial charge on any atom is -0.481 e. The van der Waals surface area contributed by atoms with Crippen LogP contribution in [-0.2, 0) is 4.79 Å². The van der Waals surface area contributed by atoms with E-state index in [4.69, 9.17) is 0 Å². The van der Waals surface area contributed by atoms with Crippen LogP contribution in [0.3, 0.4) is 0 Å². The molecule has 0 bridgehead atoms. The van der Waals surface area contributed by atoms with Gasteiger partial charge >= 0.3 is 5.97 Å². The second kappa shape index (κ2) is 8.44. The molecule has 3 aromatic rings. The molecule has 0 radical (unpaired) electrons. The van der Waals surface area contributed by atoms with Gasteiger partial charge in [0.05, 0.1) is 17.8 Å². The number of carboxylic acid groups (broad SMARTS) is 1. The molecule has 1 aliphatic carbocycles. The molecule has 0 atom stereocenters. The molecule has 1 fully saturated rings. The van der Waals surface area contributed by atoms with Crippen LogP contribution in [0.25, 0.3) is 11.2 Å². The second-order valence-corrected chi connectivity index (χ2v) is 8.10. The molecular formula is C21H24F2N6O2. The molecule has 164 valence electrons. The quantitative estimate of drug-likeness (QED) is 0.529. The van der Waals surface area contributed by atoms with Gasteiger partial charge in [0.25, 0.3) is 0 Å². The Morgan fingerprint density at radius 2 is 1.94 bits per heavy atom.